The van der Waals surface area contributed by atoms with E-state index in [0.29, 0.717) is 12.1 Å². The lowest BCUT2D eigenvalue weighted by atomic mass is 10.2. The predicted molar refractivity (Wildman–Crippen MR) is 56.0 cm³/mol. The van der Waals surface area contributed by atoms with Crippen molar-refractivity contribution >= 4 is 11.2 Å². The Hall–Kier alpha value is -1.73. The van der Waals surface area contributed by atoms with Crippen molar-refractivity contribution in [3.8, 4) is 0 Å². The molecule has 0 saturated heterocycles. The molecule has 0 bridgehead atoms. The van der Waals surface area contributed by atoms with Crippen LogP contribution >= 0.6 is 0 Å². The van der Waals surface area contributed by atoms with Gasteiger partial charge in [0.1, 0.15) is 0 Å². The molecule has 0 aromatic carbocycles. The maximum Gasteiger partial charge on any atom is 0.278 e. The Morgan fingerprint density at radius 2 is 2.25 bits per heavy atom. The van der Waals surface area contributed by atoms with Gasteiger partial charge in [0.25, 0.3) is 5.56 Å². The van der Waals surface area contributed by atoms with Crippen molar-refractivity contribution in [2.45, 2.75) is 12.5 Å². The third kappa shape index (κ3) is 1.70. The quantitative estimate of drug-likeness (QED) is 0.620. The number of fused-ring (bicyclic) bond motifs is 1. The number of hydrogen-bond acceptors (Lipinski definition) is 5. The molecule has 2 aromatic rings. The third-order valence-corrected chi connectivity index (χ3v) is 2.43. The molecule has 2 rings (SSSR count). The van der Waals surface area contributed by atoms with Crippen molar-refractivity contribution in [3.05, 3.63) is 23.0 Å². The monoisotopic (exact) mass is 224 g/mol. The molecule has 7 nitrogen and oxygen atoms in total. The highest BCUT2D eigenvalue weighted by molar-refractivity contribution is 5.68. The van der Waals surface area contributed by atoms with E-state index in [1.807, 2.05) is 0 Å². The molecule has 2 heterocycles. The van der Waals surface area contributed by atoms with E-state index in [-0.39, 0.29) is 30.3 Å². The number of H-pyrrole nitrogens is 1. The Bertz CT molecular complexity index is 533. The molecular weight excluding hydrogens is 212 g/mol. The maximum atomic E-state index is 11.4. The molecule has 7 heteroatoms. The van der Waals surface area contributed by atoms with E-state index in [9.17, 15) is 9.90 Å². The standard InChI is InChI=1S/C9H12N4O3/c14-2-1-6(3-15)13-5-12-7-8(13)10-4-11-9(7)16/h4-6,14-15H,1-3H2,(H,10,11,16)/t6-/m0/s1. The summed E-state index contributed by atoms with van der Waals surface area (Å²) < 4.78 is 1.60. The molecule has 0 amide bonds. The van der Waals surface area contributed by atoms with Crippen molar-refractivity contribution in [2.24, 2.45) is 0 Å². The summed E-state index contributed by atoms with van der Waals surface area (Å²) in [4.78, 5) is 21.7. The van der Waals surface area contributed by atoms with Gasteiger partial charge in [-0.2, -0.15) is 0 Å². The third-order valence-electron chi connectivity index (χ3n) is 2.43. The van der Waals surface area contributed by atoms with E-state index < -0.39 is 0 Å². The molecule has 3 N–H and O–H groups in total. The second-order valence-electron chi connectivity index (χ2n) is 3.40. The van der Waals surface area contributed by atoms with Crippen LogP contribution in [0.5, 0.6) is 0 Å². The smallest absolute Gasteiger partial charge is 0.278 e. The molecule has 0 aliphatic rings. The maximum absolute atomic E-state index is 11.4. The molecule has 86 valence electrons. The number of nitrogens with zero attached hydrogens (tertiary/aromatic N) is 3. The van der Waals surface area contributed by atoms with Crippen molar-refractivity contribution in [2.75, 3.05) is 13.2 Å². The number of aromatic amines is 1. The predicted octanol–water partition coefficient (Wildman–Crippen LogP) is -0.965. The summed E-state index contributed by atoms with van der Waals surface area (Å²) in [5, 5.41) is 18.0. The first-order valence-electron chi connectivity index (χ1n) is 4.90. The number of nitrogens with one attached hydrogen (secondary N) is 1. The lowest BCUT2D eigenvalue weighted by Crippen LogP contribution is -2.15. The summed E-state index contributed by atoms with van der Waals surface area (Å²) in [6, 6.07) is -0.315. The van der Waals surface area contributed by atoms with Gasteiger partial charge in [0.15, 0.2) is 11.2 Å². The molecule has 0 fully saturated rings. The Morgan fingerprint density at radius 3 is 2.94 bits per heavy atom. The fourth-order valence-electron chi connectivity index (χ4n) is 1.60. The number of aliphatic hydroxyl groups is 2. The second kappa shape index (κ2) is 4.42. The normalized spacial score (nSPS) is 13.1. The molecule has 0 radical (unpaired) electrons. The van der Waals surface area contributed by atoms with Crippen LogP contribution < -0.4 is 5.56 Å². The van der Waals surface area contributed by atoms with Crippen molar-refractivity contribution in [1.82, 2.24) is 19.5 Å². The lowest BCUT2D eigenvalue weighted by Gasteiger charge is -2.14. The van der Waals surface area contributed by atoms with E-state index in [0.717, 1.165) is 0 Å². The zero-order valence-corrected chi connectivity index (χ0v) is 8.50. The molecule has 0 unspecified atom stereocenters. The van der Waals surface area contributed by atoms with E-state index in [1.165, 1.54) is 12.7 Å². The average Bonchev–Trinajstić information content (AvgIpc) is 2.71. The fraction of sp³-hybridized carbons (Fsp3) is 0.444. The van der Waals surface area contributed by atoms with Crippen LogP contribution in [0.3, 0.4) is 0 Å². The Balaban J connectivity index is 2.52. The minimum absolute atomic E-state index is 0.0475. The van der Waals surface area contributed by atoms with Crippen LogP contribution in [0, 0.1) is 0 Å². The summed E-state index contributed by atoms with van der Waals surface area (Å²) in [5.41, 5.74) is 0.333. The molecule has 2 aromatic heterocycles. The molecule has 0 spiro atoms. The van der Waals surface area contributed by atoms with Crippen molar-refractivity contribution < 1.29 is 10.2 Å². The summed E-state index contributed by atoms with van der Waals surface area (Å²) >= 11 is 0. The highest BCUT2D eigenvalue weighted by Crippen LogP contribution is 2.15. The minimum Gasteiger partial charge on any atom is -0.396 e. The number of aromatic nitrogens is 4. The van der Waals surface area contributed by atoms with Crippen LogP contribution in [0.4, 0.5) is 0 Å². The van der Waals surface area contributed by atoms with Gasteiger partial charge in [-0.05, 0) is 6.42 Å². The first-order valence-corrected chi connectivity index (χ1v) is 4.90. The number of aliphatic hydroxyl groups excluding tert-OH is 2. The Kier molecular flexibility index (Phi) is 2.97. The highest BCUT2D eigenvalue weighted by Gasteiger charge is 2.14. The van der Waals surface area contributed by atoms with Crippen molar-refractivity contribution in [3.63, 3.8) is 0 Å². The van der Waals surface area contributed by atoms with E-state index in [4.69, 9.17) is 5.11 Å². The van der Waals surface area contributed by atoms with Gasteiger partial charge in [0, 0.05) is 6.61 Å². The van der Waals surface area contributed by atoms with Crippen molar-refractivity contribution in [1.29, 1.82) is 0 Å². The SMILES string of the molecule is O=c1[nH]cnc2c1ncn2[C@H](CO)CCO. The second-order valence-corrected chi connectivity index (χ2v) is 3.40. The molecule has 0 saturated carbocycles. The van der Waals surface area contributed by atoms with Crippen LogP contribution in [0.25, 0.3) is 11.2 Å². The van der Waals surface area contributed by atoms with Gasteiger partial charge >= 0.3 is 0 Å². The van der Waals surface area contributed by atoms with Crippen LogP contribution in [0.15, 0.2) is 17.4 Å². The van der Waals surface area contributed by atoms with Crippen LogP contribution in [-0.4, -0.2) is 42.9 Å². The lowest BCUT2D eigenvalue weighted by molar-refractivity contribution is 0.188. The number of imidazole rings is 1. The highest BCUT2D eigenvalue weighted by atomic mass is 16.3. The Labute approximate surface area is 90.4 Å². The van der Waals surface area contributed by atoms with Crippen LogP contribution in [0.2, 0.25) is 0 Å². The molecule has 0 aliphatic carbocycles. The Morgan fingerprint density at radius 1 is 1.44 bits per heavy atom. The summed E-state index contributed by atoms with van der Waals surface area (Å²) in [5.74, 6) is 0. The average molecular weight is 224 g/mol. The molecule has 0 aliphatic heterocycles. The van der Waals surface area contributed by atoms with Crippen LogP contribution in [-0.2, 0) is 0 Å². The van der Waals surface area contributed by atoms with Gasteiger partial charge in [0.2, 0.25) is 0 Å². The summed E-state index contributed by atoms with van der Waals surface area (Å²) in [6.45, 7) is -0.186. The van der Waals surface area contributed by atoms with E-state index >= 15 is 0 Å². The summed E-state index contributed by atoms with van der Waals surface area (Å²) in [7, 11) is 0. The van der Waals surface area contributed by atoms with Crippen LogP contribution in [0.1, 0.15) is 12.5 Å². The van der Waals surface area contributed by atoms with Gasteiger partial charge in [-0.3, -0.25) is 4.79 Å². The largest absolute Gasteiger partial charge is 0.396 e. The van der Waals surface area contributed by atoms with Gasteiger partial charge < -0.3 is 19.8 Å². The molecule has 16 heavy (non-hydrogen) atoms. The van der Waals surface area contributed by atoms with Gasteiger partial charge in [-0.15, -0.1) is 0 Å². The van der Waals surface area contributed by atoms with Gasteiger partial charge in [-0.25, -0.2) is 9.97 Å². The first kappa shape index (κ1) is 10.8. The zero-order valence-electron chi connectivity index (χ0n) is 8.50. The number of rotatable bonds is 4. The van der Waals surface area contributed by atoms with E-state index in [2.05, 4.69) is 15.0 Å². The fourth-order valence-corrected chi connectivity index (χ4v) is 1.60. The minimum atomic E-state index is -0.315. The van der Waals surface area contributed by atoms with Gasteiger partial charge in [-0.1, -0.05) is 0 Å². The first-order chi connectivity index (χ1) is 7.77. The molecule has 1 atom stereocenters. The summed E-state index contributed by atoms with van der Waals surface area (Å²) in [6.07, 6.45) is 3.12. The van der Waals surface area contributed by atoms with E-state index in [1.54, 1.807) is 4.57 Å². The van der Waals surface area contributed by atoms with Gasteiger partial charge in [0.05, 0.1) is 25.3 Å². The molecular formula is C9H12N4O3. The number of hydrogen-bond donors (Lipinski definition) is 3. The topological polar surface area (TPSA) is 104 Å². The zero-order chi connectivity index (χ0) is 11.5.